The van der Waals surface area contributed by atoms with Crippen LogP contribution in [-0.2, 0) is 9.53 Å². The van der Waals surface area contributed by atoms with Crippen LogP contribution in [0.4, 0.5) is 14.5 Å². The van der Waals surface area contributed by atoms with Gasteiger partial charge in [-0.15, -0.1) is 0 Å². The first-order valence-electron chi connectivity index (χ1n) is 7.44. The number of fused-ring (bicyclic) bond motifs is 1. The molecule has 6 nitrogen and oxygen atoms in total. The summed E-state index contributed by atoms with van der Waals surface area (Å²) in [6.45, 7) is 0.134. The summed E-state index contributed by atoms with van der Waals surface area (Å²) in [6.07, 6.45) is 2.65. The van der Waals surface area contributed by atoms with Gasteiger partial charge in [-0.05, 0) is 29.8 Å². The number of ether oxygens (including phenoxy) is 3. The predicted molar refractivity (Wildman–Crippen MR) is 87.9 cm³/mol. The summed E-state index contributed by atoms with van der Waals surface area (Å²) >= 11 is 0. The van der Waals surface area contributed by atoms with Gasteiger partial charge in [0.05, 0.1) is 18.4 Å². The summed E-state index contributed by atoms with van der Waals surface area (Å²) in [5.41, 5.74) is -0.157. The van der Waals surface area contributed by atoms with Crippen molar-refractivity contribution >= 4 is 23.6 Å². The molecule has 0 spiro atoms. The SMILES string of the molecule is COC(=O)c1cc(NC(=O)/C=C/c2ccc3c(c2)OCO3)c(F)cc1F. The quantitative estimate of drug-likeness (QED) is 0.669. The Morgan fingerprint density at radius 1 is 1.12 bits per heavy atom. The molecular weight excluding hydrogens is 348 g/mol. The van der Waals surface area contributed by atoms with Gasteiger partial charge in [0, 0.05) is 12.1 Å². The first-order valence-corrected chi connectivity index (χ1v) is 7.44. The zero-order valence-corrected chi connectivity index (χ0v) is 13.5. The highest BCUT2D eigenvalue weighted by atomic mass is 19.1. The van der Waals surface area contributed by atoms with Gasteiger partial charge in [0.2, 0.25) is 12.7 Å². The van der Waals surface area contributed by atoms with Crippen molar-refractivity contribution in [3.05, 3.63) is 59.2 Å². The number of amides is 1. The molecule has 134 valence electrons. The molecule has 2 aromatic carbocycles. The zero-order chi connectivity index (χ0) is 18.7. The van der Waals surface area contributed by atoms with E-state index in [1.807, 2.05) is 0 Å². The van der Waals surface area contributed by atoms with Crippen LogP contribution in [0, 0.1) is 11.6 Å². The number of rotatable bonds is 4. The first-order chi connectivity index (χ1) is 12.5. The Bertz CT molecular complexity index is 911. The molecule has 2 aromatic rings. The highest BCUT2D eigenvalue weighted by molar-refractivity contribution is 6.02. The van der Waals surface area contributed by atoms with Crippen LogP contribution in [0.5, 0.6) is 11.5 Å². The molecule has 0 aromatic heterocycles. The lowest BCUT2D eigenvalue weighted by Gasteiger charge is -2.07. The second-order valence-corrected chi connectivity index (χ2v) is 5.24. The predicted octanol–water partition coefficient (Wildman–Crippen LogP) is 3.13. The van der Waals surface area contributed by atoms with Crippen LogP contribution in [0.25, 0.3) is 6.08 Å². The number of anilines is 1. The van der Waals surface area contributed by atoms with E-state index in [-0.39, 0.29) is 12.5 Å². The Balaban J connectivity index is 1.74. The van der Waals surface area contributed by atoms with Crippen LogP contribution in [0.1, 0.15) is 15.9 Å². The molecule has 0 aliphatic carbocycles. The Morgan fingerprint density at radius 2 is 1.88 bits per heavy atom. The number of carbonyl (C=O) groups excluding carboxylic acids is 2. The van der Waals surface area contributed by atoms with Crippen molar-refractivity contribution in [2.24, 2.45) is 0 Å². The van der Waals surface area contributed by atoms with E-state index in [0.29, 0.717) is 23.1 Å². The van der Waals surface area contributed by atoms with Gasteiger partial charge in [-0.2, -0.15) is 0 Å². The van der Waals surface area contributed by atoms with Crippen LogP contribution in [0.2, 0.25) is 0 Å². The van der Waals surface area contributed by atoms with Crippen molar-refractivity contribution in [3.8, 4) is 11.5 Å². The molecule has 0 bridgehead atoms. The molecule has 0 unspecified atom stereocenters. The van der Waals surface area contributed by atoms with Crippen molar-refractivity contribution in [1.82, 2.24) is 0 Å². The molecule has 0 saturated carbocycles. The Hall–Kier alpha value is -3.42. The maximum absolute atomic E-state index is 13.8. The number of hydrogen-bond donors (Lipinski definition) is 1. The molecule has 1 N–H and O–H groups in total. The van der Waals surface area contributed by atoms with Crippen LogP contribution < -0.4 is 14.8 Å². The summed E-state index contributed by atoms with van der Waals surface area (Å²) in [5, 5.41) is 2.25. The fraction of sp³-hybridized carbons (Fsp3) is 0.111. The van der Waals surface area contributed by atoms with Gasteiger partial charge in [-0.3, -0.25) is 4.79 Å². The topological polar surface area (TPSA) is 73.9 Å². The summed E-state index contributed by atoms with van der Waals surface area (Å²) in [6, 6.07) is 6.47. The van der Waals surface area contributed by atoms with Gasteiger partial charge in [-0.1, -0.05) is 6.07 Å². The second-order valence-electron chi connectivity index (χ2n) is 5.24. The van der Waals surface area contributed by atoms with Crippen molar-refractivity contribution < 1.29 is 32.6 Å². The van der Waals surface area contributed by atoms with Gasteiger partial charge in [0.25, 0.3) is 0 Å². The Kier molecular flexibility index (Phi) is 4.83. The van der Waals surface area contributed by atoms with E-state index < -0.39 is 29.1 Å². The summed E-state index contributed by atoms with van der Waals surface area (Å²) < 4.78 is 42.2. The molecule has 0 atom stereocenters. The fourth-order valence-electron chi connectivity index (χ4n) is 2.27. The Labute approximate surface area is 147 Å². The third-order valence-electron chi connectivity index (χ3n) is 3.54. The molecule has 26 heavy (non-hydrogen) atoms. The standard InChI is InChI=1S/C18H13F2NO5/c1-24-18(23)11-7-14(13(20)8-12(11)19)21-17(22)5-3-10-2-4-15-16(6-10)26-9-25-15/h2-8H,9H2,1H3,(H,21,22)/b5-3+. The molecule has 1 amide bonds. The smallest absolute Gasteiger partial charge is 0.340 e. The lowest BCUT2D eigenvalue weighted by molar-refractivity contribution is -0.111. The minimum atomic E-state index is -1.08. The minimum Gasteiger partial charge on any atom is -0.465 e. The van der Waals surface area contributed by atoms with Gasteiger partial charge >= 0.3 is 5.97 Å². The van der Waals surface area contributed by atoms with Crippen molar-refractivity contribution in [1.29, 1.82) is 0 Å². The second kappa shape index (κ2) is 7.22. The summed E-state index contributed by atoms with van der Waals surface area (Å²) in [5.74, 6) is -2.57. The van der Waals surface area contributed by atoms with E-state index in [1.165, 1.54) is 6.08 Å². The largest absolute Gasteiger partial charge is 0.465 e. The van der Waals surface area contributed by atoms with E-state index >= 15 is 0 Å². The first kappa shape index (κ1) is 17.4. The molecule has 0 saturated heterocycles. The average molecular weight is 361 g/mol. The lowest BCUT2D eigenvalue weighted by Crippen LogP contribution is -2.12. The number of hydrogen-bond acceptors (Lipinski definition) is 5. The molecule has 3 rings (SSSR count). The van der Waals surface area contributed by atoms with Crippen LogP contribution in [-0.4, -0.2) is 25.8 Å². The number of carbonyl (C=O) groups is 2. The normalized spacial score (nSPS) is 12.3. The highest BCUT2D eigenvalue weighted by Gasteiger charge is 2.17. The summed E-state index contributed by atoms with van der Waals surface area (Å²) in [7, 11) is 1.07. The fourth-order valence-corrected chi connectivity index (χ4v) is 2.27. The number of esters is 1. The maximum Gasteiger partial charge on any atom is 0.340 e. The number of halogens is 2. The molecule has 0 fully saturated rings. The maximum atomic E-state index is 13.8. The number of nitrogens with one attached hydrogen (secondary N) is 1. The summed E-state index contributed by atoms with van der Waals surface area (Å²) in [4.78, 5) is 23.4. The molecular formula is C18H13F2NO5. The van der Waals surface area contributed by atoms with E-state index in [0.717, 1.165) is 19.3 Å². The molecule has 1 heterocycles. The van der Waals surface area contributed by atoms with E-state index in [9.17, 15) is 18.4 Å². The molecule has 1 aliphatic rings. The Morgan fingerprint density at radius 3 is 2.65 bits per heavy atom. The van der Waals surface area contributed by atoms with Crippen LogP contribution >= 0.6 is 0 Å². The van der Waals surface area contributed by atoms with Crippen molar-refractivity contribution in [2.75, 3.05) is 19.2 Å². The van der Waals surface area contributed by atoms with Crippen molar-refractivity contribution in [3.63, 3.8) is 0 Å². The van der Waals surface area contributed by atoms with E-state index in [1.54, 1.807) is 18.2 Å². The lowest BCUT2D eigenvalue weighted by atomic mass is 10.1. The third kappa shape index (κ3) is 3.64. The average Bonchev–Trinajstić information content (AvgIpc) is 3.09. The number of benzene rings is 2. The van der Waals surface area contributed by atoms with Gasteiger partial charge in [0.1, 0.15) is 11.6 Å². The van der Waals surface area contributed by atoms with Crippen LogP contribution in [0.3, 0.4) is 0 Å². The monoisotopic (exact) mass is 361 g/mol. The zero-order valence-electron chi connectivity index (χ0n) is 13.5. The van der Waals surface area contributed by atoms with Gasteiger partial charge < -0.3 is 19.5 Å². The van der Waals surface area contributed by atoms with Gasteiger partial charge in [0.15, 0.2) is 11.5 Å². The van der Waals surface area contributed by atoms with E-state index in [4.69, 9.17) is 9.47 Å². The van der Waals surface area contributed by atoms with Crippen LogP contribution in [0.15, 0.2) is 36.4 Å². The van der Waals surface area contributed by atoms with Crippen molar-refractivity contribution in [2.45, 2.75) is 0 Å². The minimum absolute atomic E-state index is 0.134. The third-order valence-corrected chi connectivity index (χ3v) is 3.54. The van der Waals surface area contributed by atoms with E-state index in [2.05, 4.69) is 10.1 Å². The number of methoxy groups -OCH3 is 1. The molecule has 1 aliphatic heterocycles. The van der Waals surface area contributed by atoms with Gasteiger partial charge in [-0.25, -0.2) is 13.6 Å². The molecule has 8 heteroatoms. The molecule has 0 radical (unpaired) electrons. The highest BCUT2D eigenvalue weighted by Crippen LogP contribution is 2.32.